The van der Waals surface area contributed by atoms with Crippen LogP contribution in [0.2, 0.25) is 0 Å². The maximum absolute atomic E-state index is 11.4. The zero-order valence-electron chi connectivity index (χ0n) is 9.31. The highest BCUT2D eigenvalue weighted by Gasteiger charge is 2.09. The minimum Gasteiger partial charge on any atom is -0.508 e. The molecule has 0 saturated heterocycles. The Morgan fingerprint density at radius 3 is 2.62 bits per heavy atom. The molecule has 1 atom stereocenters. The number of thiol groups is 1. The molecule has 0 fully saturated rings. The molecule has 0 aliphatic carbocycles. The first-order valence-corrected chi connectivity index (χ1v) is 5.93. The number of nitrogens with one attached hydrogen (secondary N) is 1. The quantitative estimate of drug-likeness (QED) is 0.684. The van der Waals surface area contributed by atoms with Gasteiger partial charge in [0.05, 0.1) is 0 Å². The van der Waals surface area contributed by atoms with Crippen molar-refractivity contribution in [3.05, 3.63) is 29.8 Å². The molecule has 0 aromatic heterocycles. The van der Waals surface area contributed by atoms with Gasteiger partial charge in [-0.25, -0.2) is 0 Å². The Morgan fingerprint density at radius 2 is 2.06 bits per heavy atom. The molecule has 88 valence electrons. The molecule has 2 N–H and O–H groups in total. The van der Waals surface area contributed by atoms with E-state index in [1.807, 2.05) is 19.1 Å². The van der Waals surface area contributed by atoms with Crippen molar-refractivity contribution in [1.29, 1.82) is 0 Å². The summed E-state index contributed by atoms with van der Waals surface area (Å²) in [7, 11) is 0. The summed E-state index contributed by atoms with van der Waals surface area (Å²) >= 11 is 4.07. The first kappa shape index (κ1) is 12.9. The Labute approximate surface area is 101 Å². The average molecular weight is 239 g/mol. The first-order valence-electron chi connectivity index (χ1n) is 5.30. The largest absolute Gasteiger partial charge is 0.508 e. The molecule has 1 unspecified atom stereocenters. The number of hydrogen-bond acceptors (Lipinski definition) is 3. The molecule has 1 amide bonds. The molecule has 0 radical (unpaired) electrons. The number of benzene rings is 1. The summed E-state index contributed by atoms with van der Waals surface area (Å²) in [5.74, 6) is 0.804. The molecular formula is C12H17NO2S. The van der Waals surface area contributed by atoms with Gasteiger partial charge in [-0.2, -0.15) is 12.6 Å². The topological polar surface area (TPSA) is 49.3 Å². The molecule has 3 nitrogen and oxygen atoms in total. The molecule has 16 heavy (non-hydrogen) atoms. The molecular weight excluding hydrogens is 222 g/mol. The van der Waals surface area contributed by atoms with Crippen LogP contribution in [-0.2, 0) is 11.2 Å². The van der Waals surface area contributed by atoms with Gasteiger partial charge in [0.2, 0.25) is 5.91 Å². The zero-order valence-corrected chi connectivity index (χ0v) is 10.2. The van der Waals surface area contributed by atoms with Gasteiger partial charge in [-0.3, -0.25) is 4.79 Å². The Hall–Kier alpha value is -1.16. The number of aromatic hydroxyl groups is 1. The Morgan fingerprint density at radius 1 is 1.44 bits per heavy atom. The Kier molecular flexibility index (Phi) is 5.19. The third-order valence-electron chi connectivity index (χ3n) is 2.37. The van der Waals surface area contributed by atoms with E-state index in [0.29, 0.717) is 12.3 Å². The van der Waals surface area contributed by atoms with Crippen molar-refractivity contribution in [3.63, 3.8) is 0 Å². The van der Waals surface area contributed by atoms with Gasteiger partial charge in [-0.05, 0) is 24.1 Å². The van der Waals surface area contributed by atoms with Gasteiger partial charge in [0.15, 0.2) is 0 Å². The third-order valence-corrected chi connectivity index (χ3v) is 2.92. The van der Waals surface area contributed by atoms with E-state index in [0.717, 1.165) is 12.0 Å². The van der Waals surface area contributed by atoms with Gasteiger partial charge in [-0.1, -0.05) is 19.1 Å². The van der Waals surface area contributed by atoms with Gasteiger partial charge in [0.1, 0.15) is 5.75 Å². The third kappa shape index (κ3) is 4.14. The predicted molar refractivity (Wildman–Crippen MR) is 67.8 cm³/mol. The highest BCUT2D eigenvalue weighted by atomic mass is 32.1. The number of phenols is 1. The fourth-order valence-electron chi connectivity index (χ4n) is 1.25. The summed E-state index contributed by atoms with van der Waals surface area (Å²) < 4.78 is 0. The van der Waals surface area contributed by atoms with Crippen molar-refractivity contribution < 1.29 is 9.90 Å². The second kappa shape index (κ2) is 6.43. The van der Waals surface area contributed by atoms with Crippen LogP contribution >= 0.6 is 12.6 Å². The molecule has 0 saturated carbocycles. The number of phenolic OH excluding ortho intramolecular Hbond substituents is 1. The van der Waals surface area contributed by atoms with E-state index in [2.05, 4.69) is 17.9 Å². The van der Waals surface area contributed by atoms with Crippen molar-refractivity contribution >= 4 is 18.5 Å². The normalized spacial score (nSPS) is 12.1. The summed E-state index contributed by atoms with van der Waals surface area (Å²) in [5.41, 5.74) is 1.09. The second-order valence-electron chi connectivity index (χ2n) is 3.79. The van der Waals surface area contributed by atoms with E-state index in [4.69, 9.17) is 5.11 Å². The van der Waals surface area contributed by atoms with Gasteiger partial charge in [-0.15, -0.1) is 0 Å². The summed E-state index contributed by atoms with van der Waals surface area (Å²) in [6, 6.07) is 6.99. The summed E-state index contributed by atoms with van der Waals surface area (Å²) in [4.78, 5) is 11.4. The lowest BCUT2D eigenvalue weighted by molar-refractivity contribution is -0.123. The fourth-order valence-corrected chi connectivity index (χ4v) is 1.42. The number of hydrogen-bond donors (Lipinski definition) is 3. The molecule has 0 spiro atoms. The molecule has 0 bridgehead atoms. The summed E-state index contributed by atoms with van der Waals surface area (Å²) in [6.07, 6.45) is 0.769. The van der Waals surface area contributed by atoms with Crippen LogP contribution in [0.1, 0.15) is 12.5 Å². The van der Waals surface area contributed by atoms with Gasteiger partial charge in [0.25, 0.3) is 0 Å². The van der Waals surface area contributed by atoms with Crippen LogP contribution in [0.15, 0.2) is 24.3 Å². The Balaban J connectivity index is 2.30. The zero-order chi connectivity index (χ0) is 12.0. The van der Waals surface area contributed by atoms with Gasteiger partial charge in [0, 0.05) is 18.2 Å². The molecule has 4 heteroatoms. The van der Waals surface area contributed by atoms with E-state index in [9.17, 15) is 4.79 Å². The van der Waals surface area contributed by atoms with Gasteiger partial charge < -0.3 is 10.4 Å². The minimum atomic E-state index is -0.0526. The molecule has 0 heterocycles. The van der Waals surface area contributed by atoms with E-state index in [1.54, 1.807) is 12.1 Å². The smallest absolute Gasteiger partial charge is 0.223 e. The molecule has 0 aliphatic rings. The van der Waals surface area contributed by atoms with Crippen LogP contribution in [0.3, 0.4) is 0 Å². The lowest BCUT2D eigenvalue weighted by Crippen LogP contribution is -2.31. The molecule has 1 aromatic rings. The van der Waals surface area contributed by atoms with Crippen LogP contribution in [0.5, 0.6) is 5.75 Å². The summed E-state index contributed by atoms with van der Waals surface area (Å²) in [6.45, 7) is 2.46. The Bertz CT molecular complexity index is 337. The number of amides is 1. The highest BCUT2D eigenvalue weighted by molar-refractivity contribution is 7.80. The second-order valence-corrected chi connectivity index (χ2v) is 4.16. The lowest BCUT2D eigenvalue weighted by atomic mass is 10.1. The number of carbonyl (C=O) groups is 1. The van der Waals surface area contributed by atoms with Crippen molar-refractivity contribution in [2.45, 2.75) is 13.3 Å². The van der Waals surface area contributed by atoms with Crippen LogP contribution < -0.4 is 5.32 Å². The van der Waals surface area contributed by atoms with E-state index in [1.165, 1.54) is 0 Å². The SMILES string of the molecule is CC(CS)C(=O)NCCc1ccc(O)cc1. The van der Waals surface area contributed by atoms with Crippen LogP contribution in [0, 0.1) is 5.92 Å². The van der Waals surface area contributed by atoms with Gasteiger partial charge >= 0.3 is 0 Å². The molecule has 1 aromatic carbocycles. The lowest BCUT2D eigenvalue weighted by Gasteiger charge is -2.09. The van der Waals surface area contributed by atoms with Crippen molar-refractivity contribution in [2.24, 2.45) is 5.92 Å². The molecule has 1 rings (SSSR count). The van der Waals surface area contributed by atoms with E-state index in [-0.39, 0.29) is 17.6 Å². The molecule has 0 aliphatic heterocycles. The number of rotatable bonds is 5. The highest BCUT2D eigenvalue weighted by Crippen LogP contribution is 2.09. The maximum atomic E-state index is 11.4. The van der Waals surface area contributed by atoms with Crippen molar-refractivity contribution in [2.75, 3.05) is 12.3 Å². The van der Waals surface area contributed by atoms with Crippen LogP contribution in [-0.4, -0.2) is 23.3 Å². The number of carbonyl (C=O) groups excluding carboxylic acids is 1. The van der Waals surface area contributed by atoms with Crippen molar-refractivity contribution in [3.8, 4) is 5.75 Å². The van der Waals surface area contributed by atoms with E-state index >= 15 is 0 Å². The predicted octanol–water partition coefficient (Wildman–Crippen LogP) is 1.62. The maximum Gasteiger partial charge on any atom is 0.223 e. The average Bonchev–Trinajstić information content (AvgIpc) is 2.30. The minimum absolute atomic E-state index is 0.0359. The standard InChI is InChI=1S/C12H17NO2S/c1-9(8-16)12(15)13-7-6-10-2-4-11(14)5-3-10/h2-5,9,14,16H,6-8H2,1H3,(H,13,15). The van der Waals surface area contributed by atoms with Crippen LogP contribution in [0.25, 0.3) is 0 Å². The summed E-state index contributed by atoms with van der Waals surface area (Å²) in [5, 5.41) is 11.9. The first-order chi connectivity index (χ1) is 7.63. The van der Waals surface area contributed by atoms with Crippen molar-refractivity contribution in [1.82, 2.24) is 5.32 Å². The van der Waals surface area contributed by atoms with E-state index < -0.39 is 0 Å². The fraction of sp³-hybridized carbons (Fsp3) is 0.417. The monoisotopic (exact) mass is 239 g/mol. The van der Waals surface area contributed by atoms with Crippen LogP contribution in [0.4, 0.5) is 0 Å².